The van der Waals surface area contributed by atoms with Crippen molar-refractivity contribution >= 4 is 5.97 Å². The van der Waals surface area contributed by atoms with Crippen LogP contribution in [0.2, 0.25) is 0 Å². The Bertz CT molecular complexity index is 480. The molecule has 1 aromatic rings. The van der Waals surface area contributed by atoms with E-state index >= 15 is 0 Å². The average Bonchev–Trinajstić information content (AvgIpc) is 2.18. The fourth-order valence-electron chi connectivity index (χ4n) is 0.851. The molecular weight excluding hydrogens is 204 g/mol. The van der Waals surface area contributed by atoms with Gasteiger partial charge in [-0.25, -0.2) is 4.79 Å². The summed E-state index contributed by atoms with van der Waals surface area (Å²) in [6, 6.07) is 0.834. The Hall–Kier alpha value is -2.55. The number of rotatable bonds is 0. The van der Waals surface area contributed by atoms with E-state index in [2.05, 4.69) is 0 Å². The lowest BCUT2D eigenvalue weighted by Gasteiger charge is -2.04. The Kier molecular flexibility index (Phi) is 2.58. The van der Waals surface area contributed by atoms with Crippen LogP contribution in [0.15, 0.2) is 6.07 Å². The van der Waals surface area contributed by atoms with Gasteiger partial charge in [0.2, 0.25) is 11.5 Å². The normalized spacial score (nSPS) is 9.07. The van der Waals surface area contributed by atoms with E-state index in [9.17, 15) is 9.90 Å². The molecule has 0 aromatic heterocycles. The third-order valence-corrected chi connectivity index (χ3v) is 1.53. The largest absolute Gasteiger partial charge is 0.504 e. The standard InChI is InChI=1S/C9H6O6/c10-5-3-4(1-2-6(11)12)7(13)9(15)8(5)14/h3,10,13-15H,(H,11,12). The van der Waals surface area contributed by atoms with Crippen molar-refractivity contribution in [2.75, 3.05) is 0 Å². The van der Waals surface area contributed by atoms with Crippen LogP contribution >= 0.6 is 0 Å². The van der Waals surface area contributed by atoms with Crippen molar-refractivity contribution in [3.63, 3.8) is 0 Å². The van der Waals surface area contributed by atoms with Crippen molar-refractivity contribution in [1.82, 2.24) is 0 Å². The van der Waals surface area contributed by atoms with Gasteiger partial charge in [-0.15, -0.1) is 0 Å². The van der Waals surface area contributed by atoms with E-state index in [0.717, 1.165) is 6.07 Å². The van der Waals surface area contributed by atoms with Gasteiger partial charge in [0.15, 0.2) is 11.5 Å². The molecule has 0 aliphatic rings. The smallest absolute Gasteiger partial charge is 0.382 e. The molecule has 15 heavy (non-hydrogen) atoms. The highest BCUT2D eigenvalue weighted by Crippen LogP contribution is 2.43. The van der Waals surface area contributed by atoms with Gasteiger partial charge in [0.1, 0.15) is 0 Å². The predicted molar refractivity (Wildman–Crippen MR) is 47.6 cm³/mol. The third-order valence-electron chi connectivity index (χ3n) is 1.53. The van der Waals surface area contributed by atoms with Gasteiger partial charge in [-0.05, 0) is 0 Å². The van der Waals surface area contributed by atoms with Crippen LogP contribution in [0.5, 0.6) is 23.0 Å². The van der Waals surface area contributed by atoms with E-state index in [4.69, 9.17) is 20.4 Å². The molecule has 0 aliphatic heterocycles. The summed E-state index contributed by atoms with van der Waals surface area (Å²) in [4.78, 5) is 10.1. The van der Waals surface area contributed by atoms with Crippen molar-refractivity contribution in [1.29, 1.82) is 0 Å². The quantitative estimate of drug-likeness (QED) is 0.232. The van der Waals surface area contributed by atoms with Crippen LogP contribution in [-0.4, -0.2) is 31.5 Å². The highest BCUT2D eigenvalue weighted by molar-refractivity contribution is 5.87. The van der Waals surface area contributed by atoms with E-state index in [0.29, 0.717) is 0 Å². The topological polar surface area (TPSA) is 118 Å². The zero-order valence-corrected chi connectivity index (χ0v) is 7.22. The minimum atomic E-state index is -1.43. The molecule has 0 atom stereocenters. The van der Waals surface area contributed by atoms with Crippen LogP contribution < -0.4 is 0 Å². The van der Waals surface area contributed by atoms with Crippen molar-refractivity contribution in [2.24, 2.45) is 0 Å². The van der Waals surface area contributed by atoms with E-state index in [1.165, 1.54) is 0 Å². The average molecular weight is 210 g/mol. The lowest BCUT2D eigenvalue weighted by Crippen LogP contribution is -1.87. The molecule has 6 heteroatoms. The van der Waals surface area contributed by atoms with Crippen LogP contribution in [-0.2, 0) is 4.79 Å². The summed E-state index contributed by atoms with van der Waals surface area (Å²) in [5.74, 6) is -1.11. The zero-order valence-electron chi connectivity index (χ0n) is 7.22. The van der Waals surface area contributed by atoms with Gasteiger partial charge in [-0.1, -0.05) is 5.92 Å². The first kappa shape index (κ1) is 10.5. The van der Waals surface area contributed by atoms with Crippen LogP contribution in [0.3, 0.4) is 0 Å². The number of phenols is 4. The Morgan fingerprint density at radius 3 is 2.20 bits per heavy atom. The van der Waals surface area contributed by atoms with Gasteiger partial charge in [0, 0.05) is 12.0 Å². The maximum Gasteiger partial charge on any atom is 0.382 e. The maximum atomic E-state index is 10.1. The number of carboxylic acids is 1. The molecule has 0 saturated carbocycles. The zero-order chi connectivity index (χ0) is 11.6. The molecule has 0 spiro atoms. The van der Waals surface area contributed by atoms with Crippen molar-refractivity contribution in [3.05, 3.63) is 11.6 Å². The molecular formula is C9H6O6. The second-order valence-electron chi connectivity index (χ2n) is 2.54. The van der Waals surface area contributed by atoms with Crippen LogP contribution in [0.25, 0.3) is 0 Å². The first-order chi connectivity index (χ1) is 6.93. The molecule has 78 valence electrons. The number of benzene rings is 1. The van der Waals surface area contributed by atoms with Gasteiger partial charge < -0.3 is 25.5 Å². The second-order valence-corrected chi connectivity index (χ2v) is 2.54. The molecule has 0 heterocycles. The van der Waals surface area contributed by atoms with Gasteiger partial charge in [0.25, 0.3) is 0 Å². The highest BCUT2D eigenvalue weighted by atomic mass is 16.4. The lowest BCUT2D eigenvalue weighted by atomic mass is 10.1. The monoisotopic (exact) mass is 210 g/mol. The lowest BCUT2D eigenvalue weighted by molar-refractivity contribution is -0.130. The Morgan fingerprint density at radius 2 is 1.67 bits per heavy atom. The summed E-state index contributed by atoms with van der Waals surface area (Å²) >= 11 is 0. The summed E-state index contributed by atoms with van der Waals surface area (Å²) < 4.78 is 0. The van der Waals surface area contributed by atoms with Crippen LogP contribution in [0.1, 0.15) is 5.56 Å². The van der Waals surface area contributed by atoms with Gasteiger partial charge >= 0.3 is 5.97 Å². The number of carbonyl (C=O) groups is 1. The summed E-state index contributed by atoms with van der Waals surface area (Å²) in [6.07, 6.45) is 0. The summed E-state index contributed by atoms with van der Waals surface area (Å²) in [5, 5.41) is 44.5. The molecule has 1 rings (SSSR count). The fourth-order valence-corrected chi connectivity index (χ4v) is 0.851. The van der Waals surface area contributed by atoms with Crippen molar-refractivity contribution in [2.45, 2.75) is 0 Å². The third kappa shape index (κ3) is 2.03. The van der Waals surface area contributed by atoms with Gasteiger partial charge in [0.05, 0.1) is 5.56 Å². The van der Waals surface area contributed by atoms with Crippen molar-refractivity contribution < 1.29 is 30.3 Å². The Morgan fingerprint density at radius 1 is 1.07 bits per heavy atom. The van der Waals surface area contributed by atoms with Gasteiger partial charge in [-0.3, -0.25) is 0 Å². The molecule has 6 nitrogen and oxygen atoms in total. The molecule has 0 amide bonds. The second kappa shape index (κ2) is 3.67. The molecule has 0 fully saturated rings. The highest BCUT2D eigenvalue weighted by Gasteiger charge is 2.14. The number of aliphatic carboxylic acids is 1. The number of hydrogen-bond donors (Lipinski definition) is 5. The Labute approximate surface area is 83.7 Å². The number of hydrogen-bond acceptors (Lipinski definition) is 5. The summed E-state index contributed by atoms with van der Waals surface area (Å²) in [5.41, 5.74) is -0.301. The first-order valence-corrected chi connectivity index (χ1v) is 3.65. The number of phenolic OH excluding ortho intramolecular Hbond substituents is 4. The fraction of sp³-hybridized carbons (Fsp3) is 0. The molecule has 1 aromatic carbocycles. The SMILES string of the molecule is O=C(O)C#Cc1cc(O)c(O)c(O)c1O. The minimum Gasteiger partial charge on any atom is -0.504 e. The van der Waals surface area contributed by atoms with Crippen LogP contribution in [0.4, 0.5) is 0 Å². The van der Waals surface area contributed by atoms with Crippen molar-refractivity contribution in [3.8, 4) is 34.8 Å². The molecule has 0 unspecified atom stereocenters. The van der Waals surface area contributed by atoms with Crippen LogP contribution in [0, 0.1) is 11.8 Å². The molecule has 0 aliphatic carbocycles. The molecule has 0 radical (unpaired) electrons. The summed E-state index contributed by atoms with van der Waals surface area (Å²) in [6.45, 7) is 0. The molecule has 5 N–H and O–H groups in total. The number of aromatic hydroxyl groups is 4. The molecule has 0 saturated heterocycles. The minimum absolute atomic E-state index is 0.301. The van der Waals surface area contributed by atoms with Gasteiger partial charge in [-0.2, -0.15) is 0 Å². The van der Waals surface area contributed by atoms with E-state index in [1.54, 1.807) is 5.92 Å². The Balaban J connectivity index is 3.35. The number of carboxylic acid groups (broad SMARTS) is 1. The maximum absolute atomic E-state index is 10.1. The van der Waals surface area contributed by atoms with E-state index in [-0.39, 0.29) is 5.56 Å². The van der Waals surface area contributed by atoms with E-state index in [1.807, 2.05) is 5.92 Å². The molecule has 0 bridgehead atoms. The van der Waals surface area contributed by atoms with E-state index < -0.39 is 29.0 Å². The predicted octanol–water partition coefficient (Wildman–Crippen LogP) is -0.0549. The summed E-state index contributed by atoms with van der Waals surface area (Å²) in [7, 11) is 0. The first-order valence-electron chi connectivity index (χ1n) is 3.65.